The minimum Gasteiger partial charge on any atom is -0.478 e. The van der Waals surface area contributed by atoms with Crippen LogP contribution in [-0.2, 0) is 0 Å². The fourth-order valence-corrected chi connectivity index (χ4v) is 6.52. The first-order valence-corrected chi connectivity index (χ1v) is 10.3. The molecule has 5 atom stereocenters. The Morgan fingerprint density at radius 2 is 1.64 bits per heavy atom. The van der Waals surface area contributed by atoms with Crippen molar-refractivity contribution in [2.24, 2.45) is 17.8 Å². The van der Waals surface area contributed by atoms with Gasteiger partial charge in [0, 0.05) is 0 Å². The number of anilines is 1. The Labute approximate surface area is 164 Å². The van der Waals surface area contributed by atoms with Crippen molar-refractivity contribution in [3.63, 3.8) is 0 Å². The van der Waals surface area contributed by atoms with E-state index in [4.69, 9.17) is 0 Å². The van der Waals surface area contributed by atoms with E-state index in [0.29, 0.717) is 23.3 Å². The molecule has 140 valence electrons. The predicted molar refractivity (Wildman–Crippen MR) is 111 cm³/mol. The monoisotopic (exact) mass is 369 g/mol. The van der Waals surface area contributed by atoms with Crippen molar-refractivity contribution in [2.75, 3.05) is 5.32 Å². The molecule has 0 radical (unpaired) electrons. The predicted octanol–water partition coefficient (Wildman–Crippen LogP) is 5.83. The molecule has 6 rings (SSSR count). The number of hydrogen-bond donors (Lipinski definition) is 2. The van der Waals surface area contributed by atoms with Crippen LogP contribution >= 0.6 is 0 Å². The largest absolute Gasteiger partial charge is 0.478 e. The van der Waals surface area contributed by atoms with E-state index in [1.165, 1.54) is 41.2 Å². The SMILES string of the molecule is O=C(O)c1cccc2c1N[C@H](c1cccc3ccccc13)[C@@H]1[C@H]3CC[C@@H](C3)[C@H]21. The average Bonchev–Trinajstić information content (AvgIpc) is 3.35. The third kappa shape index (κ3) is 2.13. The number of carbonyl (C=O) groups is 1. The number of aromatic carboxylic acids is 1. The summed E-state index contributed by atoms with van der Waals surface area (Å²) in [5.41, 5.74) is 3.80. The van der Waals surface area contributed by atoms with Gasteiger partial charge in [-0.2, -0.15) is 0 Å². The van der Waals surface area contributed by atoms with Crippen LogP contribution < -0.4 is 5.32 Å². The van der Waals surface area contributed by atoms with Gasteiger partial charge in [0.05, 0.1) is 17.3 Å². The summed E-state index contributed by atoms with van der Waals surface area (Å²) >= 11 is 0. The van der Waals surface area contributed by atoms with Crippen molar-refractivity contribution in [1.82, 2.24) is 0 Å². The molecule has 1 heterocycles. The molecule has 0 unspecified atom stereocenters. The second-order valence-electron chi connectivity index (χ2n) is 8.70. The lowest BCUT2D eigenvalue weighted by Crippen LogP contribution is -2.36. The van der Waals surface area contributed by atoms with Crippen LogP contribution in [0.4, 0.5) is 5.69 Å². The normalized spacial score (nSPS) is 29.9. The third-order valence-electron chi connectivity index (χ3n) is 7.51. The smallest absolute Gasteiger partial charge is 0.337 e. The molecule has 0 spiro atoms. The molecular weight excluding hydrogens is 346 g/mol. The van der Waals surface area contributed by atoms with Gasteiger partial charge in [-0.25, -0.2) is 4.79 Å². The molecule has 3 aromatic carbocycles. The minimum absolute atomic E-state index is 0.166. The Morgan fingerprint density at radius 3 is 2.54 bits per heavy atom. The summed E-state index contributed by atoms with van der Waals surface area (Å²) in [5.74, 6) is 1.59. The van der Waals surface area contributed by atoms with Crippen molar-refractivity contribution in [1.29, 1.82) is 0 Å². The Hall–Kier alpha value is -2.81. The molecule has 3 nitrogen and oxygen atoms in total. The maximum absolute atomic E-state index is 11.9. The van der Waals surface area contributed by atoms with Gasteiger partial charge in [-0.1, -0.05) is 54.6 Å². The number of hydrogen-bond acceptors (Lipinski definition) is 2. The zero-order valence-electron chi connectivity index (χ0n) is 15.6. The summed E-state index contributed by atoms with van der Waals surface area (Å²) < 4.78 is 0. The maximum Gasteiger partial charge on any atom is 0.337 e. The summed E-state index contributed by atoms with van der Waals surface area (Å²) in [7, 11) is 0. The van der Waals surface area contributed by atoms with E-state index in [0.717, 1.165) is 11.6 Å². The summed E-state index contributed by atoms with van der Waals surface area (Å²) in [6.07, 6.45) is 3.88. The molecular formula is C25H23NO2. The number of carboxylic acid groups (broad SMARTS) is 1. The van der Waals surface area contributed by atoms with Crippen molar-refractivity contribution in [3.8, 4) is 0 Å². The molecule has 2 fully saturated rings. The number of para-hydroxylation sites is 1. The first-order chi connectivity index (χ1) is 13.7. The third-order valence-corrected chi connectivity index (χ3v) is 7.51. The van der Waals surface area contributed by atoms with E-state index in [-0.39, 0.29) is 6.04 Å². The molecule has 0 amide bonds. The number of carboxylic acids is 1. The van der Waals surface area contributed by atoms with Gasteiger partial charge >= 0.3 is 5.97 Å². The van der Waals surface area contributed by atoms with Crippen LogP contribution in [0.2, 0.25) is 0 Å². The van der Waals surface area contributed by atoms with Gasteiger partial charge in [-0.15, -0.1) is 0 Å². The van der Waals surface area contributed by atoms with Crippen LogP contribution in [0.5, 0.6) is 0 Å². The van der Waals surface area contributed by atoms with Gasteiger partial charge < -0.3 is 10.4 Å². The minimum atomic E-state index is -0.845. The molecule has 2 saturated carbocycles. The lowest BCUT2D eigenvalue weighted by Gasteiger charge is -2.44. The number of rotatable bonds is 2. The van der Waals surface area contributed by atoms with Gasteiger partial charge in [-0.05, 0) is 70.9 Å². The lowest BCUT2D eigenvalue weighted by atomic mass is 9.67. The van der Waals surface area contributed by atoms with Gasteiger partial charge in [0.2, 0.25) is 0 Å². The summed E-state index contributed by atoms with van der Waals surface area (Å²) in [5, 5.41) is 16.1. The summed E-state index contributed by atoms with van der Waals surface area (Å²) in [6, 6.07) is 21.1. The second kappa shape index (κ2) is 5.84. The van der Waals surface area contributed by atoms with E-state index < -0.39 is 5.97 Å². The van der Waals surface area contributed by atoms with Gasteiger partial charge in [-0.3, -0.25) is 0 Å². The summed E-state index contributed by atoms with van der Waals surface area (Å²) in [6.45, 7) is 0. The molecule has 3 aliphatic rings. The van der Waals surface area contributed by atoms with Crippen molar-refractivity contribution < 1.29 is 9.90 Å². The van der Waals surface area contributed by atoms with Crippen molar-refractivity contribution >= 4 is 22.4 Å². The topological polar surface area (TPSA) is 49.3 Å². The quantitative estimate of drug-likeness (QED) is 0.597. The maximum atomic E-state index is 11.9. The molecule has 28 heavy (non-hydrogen) atoms. The molecule has 0 saturated heterocycles. The van der Waals surface area contributed by atoms with Crippen LogP contribution in [0, 0.1) is 17.8 Å². The molecule has 2 N–H and O–H groups in total. The highest BCUT2D eigenvalue weighted by Crippen LogP contribution is 2.64. The highest BCUT2D eigenvalue weighted by Gasteiger charge is 2.54. The second-order valence-corrected chi connectivity index (χ2v) is 8.70. The Kier molecular flexibility index (Phi) is 3.37. The Bertz CT molecular complexity index is 1100. The van der Waals surface area contributed by atoms with E-state index in [2.05, 4.69) is 53.8 Å². The molecule has 0 aromatic heterocycles. The van der Waals surface area contributed by atoms with Gasteiger partial charge in [0.15, 0.2) is 0 Å². The first-order valence-electron chi connectivity index (χ1n) is 10.3. The zero-order chi connectivity index (χ0) is 18.8. The number of nitrogens with one attached hydrogen (secondary N) is 1. The van der Waals surface area contributed by atoms with E-state index in [9.17, 15) is 9.90 Å². The lowest BCUT2D eigenvalue weighted by molar-refractivity contribution is 0.0697. The Morgan fingerprint density at radius 1 is 0.893 bits per heavy atom. The van der Waals surface area contributed by atoms with E-state index in [1.807, 2.05) is 6.07 Å². The molecule has 2 bridgehead atoms. The standard InChI is InChI=1S/C25H23NO2/c27-25(28)20-10-4-9-19-21-15-11-12-16(13-15)22(21)24(26-23(19)20)18-8-3-6-14-5-1-2-7-17(14)18/h1-10,15-16,21-22,24,26H,11-13H2,(H,27,28)/t15-,16-,21+,22+,24+/m0/s1. The number of benzene rings is 3. The Balaban J connectivity index is 1.58. The molecule has 2 aliphatic carbocycles. The van der Waals surface area contributed by atoms with Gasteiger partial charge in [0.25, 0.3) is 0 Å². The first kappa shape index (κ1) is 16.2. The average molecular weight is 369 g/mol. The summed E-state index contributed by atoms with van der Waals surface area (Å²) in [4.78, 5) is 11.9. The van der Waals surface area contributed by atoms with Gasteiger partial charge in [0.1, 0.15) is 0 Å². The number of fused-ring (bicyclic) bond motifs is 8. The van der Waals surface area contributed by atoms with E-state index >= 15 is 0 Å². The highest BCUT2D eigenvalue weighted by atomic mass is 16.4. The molecule has 1 aliphatic heterocycles. The fourth-order valence-electron chi connectivity index (χ4n) is 6.52. The fraction of sp³-hybridized carbons (Fsp3) is 0.320. The van der Waals surface area contributed by atoms with Crippen LogP contribution in [0.3, 0.4) is 0 Å². The van der Waals surface area contributed by atoms with Crippen molar-refractivity contribution in [2.45, 2.75) is 31.2 Å². The van der Waals surface area contributed by atoms with E-state index in [1.54, 1.807) is 6.07 Å². The van der Waals surface area contributed by atoms with Crippen LogP contribution in [-0.4, -0.2) is 11.1 Å². The zero-order valence-corrected chi connectivity index (χ0v) is 15.6. The van der Waals surface area contributed by atoms with Crippen LogP contribution in [0.25, 0.3) is 10.8 Å². The molecule has 3 heteroatoms. The van der Waals surface area contributed by atoms with Crippen LogP contribution in [0.1, 0.15) is 52.7 Å². The van der Waals surface area contributed by atoms with Crippen molar-refractivity contribution in [3.05, 3.63) is 77.4 Å². The highest BCUT2D eigenvalue weighted by molar-refractivity contribution is 5.96. The molecule has 3 aromatic rings. The van der Waals surface area contributed by atoms with Crippen LogP contribution in [0.15, 0.2) is 60.7 Å².